The zero-order valence-corrected chi connectivity index (χ0v) is 5.09. The van der Waals surface area contributed by atoms with Crippen molar-refractivity contribution in [3.05, 3.63) is 10.1 Å². The van der Waals surface area contributed by atoms with Crippen LogP contribution in [0, 0.1) is 10.1 Å². The third-order valence-electron chi connectivity index (χ3n) is 0.0861. The summed E-state index contributed by atoms with van der Waals surface area (Å²) < 4.78 is 3.60. The van der Waals surface area contributed by atoms with Crippen molar-refractivity contribution in [2.75, 3.05) is 0 Å². The molecule has 0 bridgehead atoms. The molecule has 4 nitrogen and oxygen atoms in total. The Labute approximate surface area is 48.9 Å². The molecular weight excluding hydrogens is 151 g/mol. The second-order valence-corrected chi connectivity index (χ2v) is 0.847. The summed E-state index contributed by atoms with van der Waals surface area (Å²) >= 11 is 0.227. The van der Waals surface area contributed by atoms with Crippen molar-refractivity contribution in [3.63, 3.8) is 0 Å². The fourth-order valence-electron chi connectivity index (χ4n) is 0. The van der Waals surface area contributed by atoms with Gasteiger partial charge in [-0.05, 0) is 0 Å². The van der Waals surface area contributed by atoms with E-state index in [-0.39, 0.29) is 31.5 Å². The molecule has 0 spiro atoms. The Balaban J connectivity index is 2.85. The van der Waals surface area contributed by atoms with Crippen LogP contribution in [0.4, 0.5) is 0 Å². The summed E-state index contributed by atoms with van der Waals surface area (Å²) in [5, 5.41) is 8.17. The minimum atomic E-state index is -0.817. The number of rotatable bonds is 1. The van der Waals surface area contributed by atoms with Gasteiger partial charge in [0.2, 0.25) is 0 Å². The summed E-state index contributed by atoms with van der Waals surface area (Å²) in [7, 11) is 0. The van der Waals surface area contributed by atoms with Gasteiger partial charge in [-0.2, -0.15) is 0 Å². The van der Waals surface area contributed by atoms with E-state index in [9.17, 15) is 0 Å². The molecule has 0 aromatic carbocycles. The molecule has 5 heavy (non-hydrogen) atoms. The molecule has 0 fully saturated rings. The number of nitrogens with zero attached hydrogens (tertiary/aromatic N) is 1. The van der Waals surface area contributed by atoms with Gasteiger partial charge in [0.05, 0.1) is 0 Å². The van der Waals surface area contributed by atoms with Gasteiger partial charge >= 0.3 is 48.8 Å². The predicted molar refractivity (Wildman–Crippen MR) is 8.08 cm³/mol. The van der Waals surface area contributed by atoms with E-state index in [4.69, 9.17) is 10.1 Å². The van der Waals surface area contributed by atoms with E-state index in [1.807, 2.05) is 0 Å². The Bertz CT molecular complexity index is 42.2. The molecule has 0 unspecified atom stereocenters. The predicted octanol–water partition coefficient (Wildman–Crippen LogP) is -0.344. The minimum absolute atomic E-state index is 0.227. The van der Waals surface area contributed by atoms with E-state index in [1.165, 1.54) is 0 Å². The molecule has 0 aliphatic heterocycles. The summed E-state index contributed by atoms with van der Waals surface area (Å²) in [6.45, 7) is 0. The molecule has 0 aromatic heterocycles. The molecule has 0 aromatic rings. The van der Waals surface area contributed by atoms with Gasteiger partial charge in [-0.25, -0.2) is 0 Å². The first-order valence-electron chi connectivity index (χ1n) is 0.783. The van der Waals surface area contributed by atoms with E-state index in [2.05, 4.69) is 2.15 Å². The topological polar surface area (TPSA) is 52.4 Å². The van der Waals surface area contributed by atoms with E-state index < -0.39 is 5.09 Å². The van der Waals surface area contributed by atoms with Crippen molar-refractivity contribution >= 4 is 0 Å². The van der Waals surface area contributed by atoms with Gasteiger partial charge < -0.3 is 0 Å². The van der Waals surface area contributed by atoms with Crippen LogP contribution in [0.3, 0.4) is 0 Å². The van der Waals surface area contributed by atoms with E-state index in [0.717, 1.165) is 0 Å². The van der Waals surface area contributed by atoms with Gasteiger partial charge in [-0.15, -0.1) is 0 Å². The second-order valence-electron chi connectivity index (χ2n) is 0.329. The third-order valence-corrected chi connectivity index (χ3v) is 0.509. The molecule has 5 heteroatoms. The van der Waals surface area contributed by atoms with Crippen molar-refractivity contribution in [1.82, 2.24) is 0 Å². The Morgan fingerprint density at radius 3 is 2.20 bits per heavy atom. The quantitative estimate of drug-likeness (QED) is 0.380. The van der Waals surface area contributed by atoms with Gasteiger partial charge in [0.1, 0.15) is 0 Å². The molecule has 0 aliphatic carbocycles. The van der Waals surface area contributed by atoms with Crippen molar-refractivity contribution < 1.29 is 38.7 Å². The standard InChI is InChI=1S/NO3.Y/c2-1(3)4;/q-1;+1. The van der Waals surface area contributed by atoms with Crippen LogP contribution in [0.25, 0.3) is 0 Å². The Morgan fingerprint density at radius 2 is 2.20 bits per heavy atom. The Hall–Kier alpha value is 0.304. The molecule has 0 N–H and O–H groups in total. The van der Waals surface area contributed by atoms with E-state index in [1.54, 1.807) is 0 Å². The molecule has 0 aliphatic rings. The molecule has 0 amide bonds. The summed E-state index contributed by atoms with van der Waals surface area (Å²) in [6, 6.07) is 0. The number of hydrogen-bond acceptors (Lipinski definition) is 3. The second kappa shape index (κ2) is 2.54. The van der Waals surface area contributed by atoms with Crippen LogP contribution in [0.15, 0.2) is 0 Å². The zero-order chi connectivity index (χ0) is 4.28. The van der Waals surface area contributed by atoms with Crippen LogP contribution in [-0.4, -0.2) is 5.09 Å². The molecule has 0 saturated heterocycles. The zero-order valence-electron chi connectivity index (χ0n) is 2.25. The average Bonchev–Trinajstić information content (AvgIpc) is 1.38. The van der Waals surface area contributed by atoms with Gasteiger partial charge in [0.25, 0.3) is 0 Å². The van der Waals surface area contributed by atoms with E-state index >= 15 is 0 Å². The Kier molecular flexibility index (Phi) is 2.69. The van der Waals surface area contributed by atoms with Crippen LogP contribution in [0.5, 0.6) is 0 Å². The molecular formula is NO3Y. The van der Waals surface area contributed by atoms with Crippen LogP contribution < -0.4 is 0 Å². The van der Waals surface area contributed by atoms with Crippen molar-refractivity contribution in [3.8, 4) is 0 Å². The van der Waals surface area contributed by atoms with Crippen LogP contribution in [0.1, 0.15) is 0 Å². The maximum atomic E-state index is 8.98. The monoisotopic (exact) mass is 151 g/mol. The summed E-state index contributed by atoms with van der Waals surface area (Å²) in [6.07, 6.45) is 0. The van der Waals surface area contributed by atoms with Gasteiger partial charge in [0.15, 0.2) is 0 Å². The molecule has 26 valence electrons. The molecule has 0 radical (unpaired) electrons. The maximum absolute atomic E-state index is 8.98. The van der Waals surface area contributed by atoms with E-state index in [0.29, 0.717) is 0 Å². The fourth-order valence-corrected chi connectivity index (χ4v) is 0. The van der Waals surface area contributed by atoms with Gasteiger partial charge in [0, 0.05) is 0 Å². The SMILES string of the molecule is O=[N+]([O-])[O][Y]. The first-order valence-corrected chi connectivity index (χ1v) is 1.94. The van der Waals surface area contributed by atoms with Crippen LogP contribution >= 0.6 is 0 Å². The molecule has 0 rings (SSSR count). The Morgan fingerprint density at radius 1 is 2.00 bits per heavy atom. The normalized spacial score (nSPS) is 6.20. The number of hydrogen-bond donors (Lipinski definition) is 0. The van der Waals surface area contributed by atoms with Crippen molar-refractivity contribution in [2.24, 2.45) is 0 Å². The fraction of sp³-hybridized carbons (Fsp3) is 0. The third kappa shape index (κ3) is 4.30. The summed E-state index contributed by atoms with van der Waals surface area (Å²) in [4.78, 5) is 8.98. The first kappa shape index (κ1) is 5.30. The van der Waals surface area contributed by atoms with Crippen LogP contribution in [-0.2, 0) is 33.6 Å². The summed E-state index contributed by atoms with van der Waals surface area (Å²) in [5.41, 5.74) is 0. The van der Waals surface area contributed by atoms with Crippen molar-refractivity contribution in [1.29, 1.82) is 0 Å². The van der Waals surface area contributed by atoms with Crippen molar-refractivity contribution in [2.45, 2.75) is 0 Å². The van der Waals surface area contributed by atoms with Crippen LogP contribution in [0.2, 0.25) is 0 Å². The van der Waals surface area contributed by atoms with Gasteiger partial charge in [-0.1, -0.05) is 0 Å². The first-order chi connectivity index (χ1) is 2.27. The summed E-state index contributed by atoms with van der Waals surface area (Å²) in [5.74, 6) is 0. The molecule has 0 atom stereocenters. The molecule has 0 heterocycles. The van der Waals surface area contributed by atoms with Gasteiger partial charge in [-0.3, -0.25) is 0 Å². The molecule has 0 saturated carbocycles. The average molecular weight is 151 g/mol.